The number of nitrogens with zero attached hydrogens (tertiary/aromatic N) is 3. The van der Waals surface area contributed by atoms with Crippen LogP contribution in [0.2, 0.25) is 0 Å². The standard InChI is InChI=1S/C15H33N5O.HI/c1-14(13-21-4)18-15(16-2)17-7-5-6-8-20-11-9-19(3)10-12-20;/h14H,5-13H2,1-4H3,(H2,16,17,18);1H. The smallest absolute Gasteiger partial charge is 0.191 e. The Labute approximate surface area is 153 Å². The number of unbranched alkanes of at least 4 members (excludes halogenated alkanes) is 1. The Morgan fingerprint density at radius 1 is 1.23 bits per heavy atom. The Balaban J connectivity index is 0.00000441. The summed E-state index contributed by atoms with van der Waals surface area (Å²) < 4.78 is 5.11. The molecule has 6 nitrogen and oxygen atoms in total. The topological polar surface area (TPSA) is 52.1 Å². The first-order valence-electron chi connectivity index (χ1n) is 8.02. The van der Waals surface area contributed by atoms with E-state index in [2.05, 4.69) is 39.4 Å². The molecule has 0 aromatic carbocycles. The van der Waals surface area contributed by atoms with Crippen LogP contribution in [0.15, 0.2) is 4.99 Å². The summed E-state index contributed by atoms with van der Waals surface area (Å²) in [5.74, 6) is 0.860. The van der Waals surface area contributed by atoms with Crippen LogP contribution in [0.5, 0.6) is 0 Å². The molecule has 1 aliphatic rings. The van der Waals surface area contributed by atoms with Crippen molar-refractivity contribution >= 4 is 29.9 Å². The van der Waals surface area contributed by atoms with Gasteiger partial charge in [0.1, 0.15) is 0 Å². The number of guanidine groups is 1. The molecule has 1 rings (SSSR count). The summed E-state index contributed by atoms with van der Waals surface area (Å²) in [4.78, 5) is 9.19. The fourth-order valence-electron chi connectivity index (χ4n) is 2.46. The van der Waals surface area contributed by atoms with Crippen molar-refractivity contribution in [2.45, 2.75) is 25.8 Å². The van der Waals surface area contributed by atoms with Crippen molar-refractivity contribution in [3.05, 3.63) is 0 Å². The van der Waals surface area contributed by atoms with Crippen LogP contribution in [0.3, 0.4) is 0 Å². The fourth-order valence-corrected chi connectivity index (χ4v) is 2.46. The molecule has 0 spiro atoms. The van der Waals surface area contributed by atoms with Crippen molar-refractivity contribution in [3.63, 3.8) is 0 Å². The van der Waals surface area contributed by atoms with Crippen LogP contribution in [0.1, 0.15) is 19.8 Å². The van der Waals surface area contributed by atoms with E-state index in [9.17, 15) is 0 Å². The monoisotopic (exact) mass is 427 g/mol. The Morgan fingerprint density at radius 3 is 2.50 bits per heavy atom. The number of hydrogen-bond donors (Lipinski definition) is 2. The predicted octanol–water partition coefficient (Wildman–Crippen LogP) is 0.832. The second-order valence-corrected chi connectivity index (χ2v) is 5.85. The van der Waals surface area contributed by atoms with Gasteiger partial charge in [0, 0.05) is 52.9 Å². The lowest BCUT2D eigenvalue weighted by atomic mass is 10.2. The zero-order valence-corrected chi connectivity index (χ0v) is 16.9. The molecule has 1 unspecified atom stereocenters. The van der Waals surface area contributed by atoms with Crippen LogP contribution in [-0.2, 0) is 4.74 Å². The molecular formula is C15H34IN5O. The van der Waals surface area contributed by atoms with Crippen molar-refractivity contribution in [3.8, 4) is 0 Å². The fraction of sp³-hybridized carbons (Fsp3) is 0.933. The van der Waals surface area contributed by atoms with E-state index in [-0.39, 0.29) is 30.0 Å². The number of rotatable bonds is 8. The first-order valence-corrected chi connectivity index (χ1v) is 8.02. The lowest BCUT2D eigenvalue weighted by Crippen LogP contribution is -2.45. The molecule has 0 aromatic rings. The summed E-state index contributed by atoms with van der Waals surface area (Å²) in [6.07, 6.45) is 2.41. The third kappa shape index (κ3) is 9.81. The Kier molecular flexibility index (Phi) is 13.3. The number of piperazine rings is 1. The van der Waals surface area contributed by atoms with Gasteiger partial charge in [0.25, 0.3) is 0 Å². The summed E-state index contributed by atoms with van der Waals surface area (Å²) in [6, 6.07) is 0.270. The van der Waals surface area contributed by atoms with Gasteiger partial charge < -0.3 is 25.2 Å². The molecule has 0 amide bonds. The molecule has 7 heteroatoms. The van der Waals surface area contributed by atoms with Crippen LogP contribution in [-0.4, -0.2) is 88.9 Å². The summed E-state index contributed by atoms with van der Waals surface area (Å²) in [5.41, 5.74) is 0. The molecule has 22 heavy (non-hydrogen) atoms. The van der Waals surface area contributed by atoms with E-state index in [0.29, 0.717) is 6.61 Å². The van der Waals surface area contributed by atoms with Gasteiger partial charge in [-0.2, -0.15) is 0 Å². The minimum Gasteiger partial charge on any atom is -0.383 e. The van der Waals surface area contributed by atoms with Crippen molar-refractivity contribution in [2.24, 2.45) is 4.99 Å². The SMILES string of the molecule is CN=C(NCCCCN1CCN(C)CC1)NC(C)COC.I. The maximum Gasteiger partial charge on any atom is 0.191 e. The predicted molar refractivity (Wildman–Crippen MR) is 104 cm³/mol. The molecule has 0 aliphatic carbocycles. The van der Waals surface area contributed by atoms with E-state index in [4.69, 9.17) is 4.74 Å². The Morgan fingerprint density at radius 2 is 1.91 bits per heavy atom. The lowest BCUT2D eigenvalue weighted by molar-refractivity contribution is 0.152. The molecule has 2 N–H and O–H groups in total. The van der Waals surface area contributed by atoms with E-state index in [1.165, 1.54) is 45.6 Å². The molecule has 1 atom stereocenters. The van der Waals surface area contributed by atoms with Gasteiger partial charge in [-0.1, -0.05) is 0 Å². The largest absolute Gasteiger partial charge is 0.383 e. The first-order chi connectivity index (χ1) is 10.2. The number of likely N-dealkylation sites (N-methyl/N-ethyl adjacent to an activating group) is 1. The average Bonchev–Trinajstić information content (AvgIpc) is 2.48. The number of hydrogen-bond acceptors (Lipinski definition) is 4. The second kappa shape index (κ2) is 13.3. The number of nitrogens with one attached hydrogen (secondary N) is 2. The molecule has 1 fully saturated rings. The molecular weight excluding hydrogens is 393 g/mol. The van der Waals surface area contributed by atoms with Crippen LogP contribution in [0.25, 0.3) is 0 Å². The van der Waals surface area contributed by atoms with E-state index in [0.717, 1.165) is 12.5 Å². The molecule has 0 radical (unpaired) electrons. The molecule has 132 valence electrons. The van der Waals surface area contributed by atoms with Crippen LogP contribution >= 0.6 is 24.0 Å². The third-order valence-electron chi connectivity index (χ3n) is 3.81. The van der Waals surface area contributed by atoms with Crippen molar-refractivity contribution < 1.29 is 4.74 Å². The van der Waals surface area contributed by atoms with E-state index >= 15 is 0 Å². The van der Waals surface area contributed by atoms with Gasteiger partial charge in [-0.3, -0.25) is 4.99 Å². The molecule has 1 aliphatic heterocycles. The normalized spacial score (nSPS) is 18.6. The van der Waals surface area contributed by atoms with Gasteiger partial charge in [-0.15, -0.1) is 24.0 Å². The minimum atomic E-state index is 0. The van der Waals surface area contributed by atoms with Gasteiger partial charge in [-0.25, -0.2) is 0 Å². The van der Waals surface area contributed by atoms with Gasteiger partial charge in [0.15, 0.2) is 5.96 Å². The number of ether oxygens (including phenoxy) is 1. The first kappa shape index (κ1) is 21.9. The van der Waals surface area contributed by atoms with E-state index in [1.807, 2.05) is 0 Å². The highest BCUT2D eigenvalue weighted by molar-refractivity contribution is 14.0. The molecule has 0 bridgehead atoms. The second-order valence-electron chi connectivity index (χ2n) is 5.85. The van der Waals surface area contributed by atoms with Crippen molar-refractivity contribution in [2.75, 3.05) is 67.1 Å². The lowest BCUT2D eigenvalue weighted by Gasteiger charge is -2.32. The van der Waals surface area contributed by atoms with Crippen LogP contribution < -0.4 is 10.6 Å². The number of aliphatic imine (C=N–C) groups is 1. The highest BCUT2D eigenvalue weighted by Gasteiger charge is 2.12. The van der Waals surface area contributed by atoms with Crippen molar-refractivity contribution in [1.82, 2.24) is 20.4 Å². The van der Waals surface area contributed by atoms with E-state index in [1.54, 1.807) is 14.2 Å². The van der Waals surface area contributed by atoms with Gasteiger partial charge >= 0.3 is 0 Å². The average molecular weight is 427 g/mol. The maximum atomic E-state index is 5.11. The van der Waals surface area contributed by atoms with Gasteiger partial charge in [0.05, 0.1) is 6.61 Å². The third-order valence-corrected chi connectivity index (χ3v) is 3.81. The molecule has 1 saturated heterocycles. The zero-order valence-electron chi connectivity index (χ0n) is 14.6. The maximum absolute atomic E-state index is 5.11. The molecule has 1 heterocycles. The Bertz CT molecular complexity index is 296. The summed E-state index contributed by atoms with van der Waals surface area (Å²) in [6.45, 7) is 9.77. The summed E-state index contributed by atoms with van der Waals surface area (Å²) in [7, 11) is 5.72. The highest BCUT2D eigenvalue weighted by atomic mass is 127. The van der Waals surface area contributed by atoms with Gasteiger partial charge in [-0.05, 0) is 33.4 Å². The highest BCUT2D eigenvalue weighted by Crippen LogP contribution is 2.01. The number of halogens is 1. The van der Waals surface area contributed by atoms with E-state index < -0.39 is 0 Å². The molecule has 0 saturated carbocycles. The van der Waals surface area contributed by atoms with Gasteiger partial charge in [0.2, 0.25) is 0 Å². The summed E-state index contributed by atoms with van der Waals surface area (Å²) in [5, 5.41) is 6.67. The molecule has 0 aromatic heterocycles. The van der Waals surface area contributed by atoms with Crippen LogP contribution in [0.4, 0.5) is 0 Å². The quantitative estimate of drug-likeness (QED) is 0.260. The zero-order chi connectivity index (χ0) is 15.5. The van der Waals surface area contributed by atoms with Crippen LogP contribution in [0, 0.1) is 0 Å². The summed E-state index contributed by atoms with van der Waals surface area (Å²) >= 11 is 0. The van der Waals surface area contributed by atoms with Crippen molar-refractivity contribution in [1.29, 1.82) is 0 Å². The minimum absolute atomic E-state index is 0. The number of methoxy groups -OCH3 is 1. The Hall–Kier alpha value is -0.120.